The number of fused-ring (bicyclic) bond motifs is 2. The van der Waals surface area contributed by atoms with Gasteiger partial charge in [-0.1, -0.05) is 30.0 Å². The van der Waals surface area contributed by atoms with Gasteiger partial charge in [-0.2, -0.15) is 0 Å². The highest BCUT2D eigenvalue weighted by Crippen LogP contribution is 2.39. The van der Waals surface area contributed by atoms with E-state index in [1.165, 1.54) is 11.8 Å². The second kappa shape index (κ2) is 7.83. The number of hydrogen-bond acceptors (Lipinski definition) is 7. The van der Waals surface area contributed by atoms with Crippen molar-refractivity contribution in [3.63, 3.8) is 0 Å². The summed E-state index contributed by atoms with van der Waals surface area (Å²) in [5.74, 6) is 2.08. The van der Waals surface area contributed by atoms with Gasteiger partial charge in [0.25, 0.3) is 0 Å². The maximum atomic E-state index is 12.3. The third-order valence-electron chi connectivity index (χ3n) is 4.75. The van der Waals surface area contributed by atoms with Crippen molar-refractivity contribution in [1.82, 2.24) is 15.3 Å². The molecule has 2 N–H and O–H groups in total. The lowest BCUT2D eigenvalue weighted by Gasteiger charge is -2.09. The predicted molar refractivity (Wildman–Crippen MR) is 112 cm³/mol. The van der Waals surface area contributed by atoms with E-state index in [0.29, 0.717) is 23.1 Å². The largest absolute Gasteiger partial charge is 0.454 e. The summed E-state index contributed by atoms with van der Waals surface area (Å²) in [7, 11) is 0. The van der Waals surface area contributed by atoms with Crippen molar-refractivity contribution in [2.75, 3.05) is 17.9 Å². The molecule has 2 heterocycles. The number of urea groups is 1. The molecular weight excluding hydrogens is 404 g/mol. The van der Waals surface area contributed by atoms with Crippen LogP contribution in [-0.4, -0.2) is 34.5 Å². The van der Waals surface area contributed by atoms with Gasteiger partial charge in [-0.05, 0) is 31.0 Å². The summed E-state index contributed by atoms with van der Waals surface area (Å²) >= 11 is 1.30. The molecule has 1 fully saturated rings. The summed E-state index contributed by atoms with van der Waals surface area (Å²) in [6.07, 6.45) is 2.20. The molecule has 0 bridgehead atoms. The zero-order valence-electron chi connectivity index (χ0n) is 15.9. The van der Waals surface area contributed by atoms with Crippen molar-refractivity contribution < 1.29 is 19.1 Å². The molecule has 9 heteroatoms. The Morgan fingerprint density at radius 2 is 1.90 bits per heavy atom. The van der Waals surface area contributed by atoms with Gasteiger partial charge in [0, 0.05) is 23.1 Å². The van der Waals surface area contributed by atoms with Gasteiger partial charge in [-0.15, -0.1) is 0 Å². The van der Waals surface area contributed by atoms with E-state index in [9.17, 15) is 9.59 Å². The SMILES string of the molecule is O=C(CSc1nc(C2CC2)nc2ccccc12)NC(=O)Nc1ccc2c(c1)OCO2. The topological polar surface area (TPSA) is 102 Å². The number of aromatic nitrogens is 2. The first-order valence-corrected chi connectivity index (χ1v) is 10.5. The normalized spacial score (nSPS) is 14.5. The average Bonchev–Trinajstić information content (AvgIpc) is 3.49. The zero-order valence-corrected chi connectivity index (χ0v) is 16.7. The van der Waals surface area contributed by atoms with Gasteiger partial charge in [0.15, 0.2) is 11.5 Å². The Labute approximate surface area is 176 Å². The number of nitrogens with one attached hydrogen (secondary N) is 2. The number of imide groups is 1. The quantitative estimate of drug-likeness (QED) is 0.478. The van der Waals surface area contributed by atoms with Gasteiger partial charge in [-0.25, -0.2) is 14.8 Å². The highest BCUT2D eigenvalue weighted by atomic mass is 32.2. The van der Waals surface area contributed by atoms with Gasteiger partial charge in [-0.3, -0.25) is 10.1 Å². The highest BCUT2D eigenvalue weighted by molar-refractivity contribution is 8.00. The first kappa shape index (κ1) is 18.7. The van der Waals surface area contributed by atoms with Crippen LogP contribution in [-0.2, 0) is 4.79 Å². The van der Waals surface area contributed by atoms with E-state index in [4.69, 9.17) is 9.47 Å². The molecule has 3 aromatic rings. The van der Waals surface area contributed by atoms with Crippen molar-refractivity contribution in [3.8, 4) is 11.5 Å². The van der Waals surface area contributed by atoms with Gasteiger partial charge >= 0.3 is 6.03 Å². The molecule has 2 aromatic carbocycles. The lowest BCUT2D eigenvalue weighted by atomic mass is 10.2. The van der Waals surface area contributed by atoms with E-state index in [1.807, 2.05) is 24.3 Å². The Hall–Kier alpha value is -3.33. The number of ether oxygens (including phenoxy) is 2. The molecule has 0 atom stereocenters. The second-order valence-electron chi connectivity index (χ2n) is 7.04. The van der Waals surface area contributed by atoms with Crippen LogP contribution >= 0.6 is 11.8 Å². The number of nitrogens with zero attached hydrogens (tertiary/aromatic N) is 2. The van der Waals surface area contributed by atoms with E-state index < -0.39 is 11.9 Å². The van der Waals surface area contributed by atoms with Crippen LogP contribution in [0.3, 0.4) is 0 Å². The lowest BCUT2D eigenvalue weighted by Crippen LogP contribution is -2.35. The lowest BCUT2D eigenvalue weighted by molar-refractivity contribution is -0.117. The summed E-state index contributed by atoms with van der Waals surface area (Å²) in [5.41, 5.74) is 1.38. The minimum Gasteiger partial charge on any atom is -0.454 e. The molecule has 152 valence electrons. The number of rotatable bonds is 5. The number of para-hydroxylation sites is 1. The molecular formula is C21H18N4O4S. The van der Waals surface area contributed by atoms with Crippen molar-refractivity contribution in [1.29, 1.82) is 0 Å². The Morgan fingerprint density at radius 3 is 2.77 bits per heavy atom. The molecule has 5 rings (SSSR count). The van der Waals surface area contributed by atoms with Crippen LogP contribution in [0, 0.1) is 0 Å². The summed E-state index contributed by atoms with van der Waals surface area (Å²) in [5, 5.41) is 6.63. The fourth-order valence-electron chi connectivity index (χ4n) is 3.13. The van der Waals surface area contributed by atoms with E-state index in [1.54, 1.807) is 18.2 Å². The molecule has 2 aliphatic rings. The number of benzene rings is 2. The van der Waals surface area contributed by atoms with Crippen LogP contribution in [0.15, 0.2) is 47.5 Å². The Kier molecular flexibility index (Phi) is 4.88. The standard InChI is InChI=1S/C21H18N4O4S/c26-18(24-21(27)22-13-7-8-16-17(9-13)29-11-28-16)10-30-20-14-3-1-2-4-15(14)23-19(25-20)12-5-6-12/h1-4,7-9,12H,5-6,10-11H2,(H2,22,24,26,27). The Bertz CT molecular complexity index is 1150. The van der Waals surface area contributed by atoms with Crippen LogP contribution in [0.1, 0.15) is 24.6 Å². The monoisotopic (exact) mass is 422 g/mol. The summed E-state index contributed by atoms with van der Waals surface area (Å²) in [4.78, 5) is 33.7. The fourth-order valence-corrected chi connectivity index (χ4v) is 3.96. The van der Waals surface area contributed by atoms with Crippen molar-refractivity contribution in [2.24, 2.45) is 0 Å². The third-order valence-corrected chi connectivity index (χ3v) is 5.74. The molecule has 1 aromatic heterocycles. The van der Waals surface area contributed by atoms with Gasteiger partial charge < -0.3 is 14.8 Å². The van der Waals surface area contributed by atoms with Gasteiger partial charge in [0.1, 0.15) is 10.9 Å². The predicted octanol–water partition coefficient (Wildman–Crippen LogP) is 3.68. The van der Waals surface area contributed by atoms with Gasteiger partial charge in [0.05, 0.1) is 11.3 Å². The maximum absolute atomic E-state index is 12.3. The second-order valence-corrected chi connectivity index (χ2v) is 8.00. The Morgan fingerprint density at radius 1 is 1.07 bits per heavy atom. The van der Waals surface area contributed by atoms with Crippen molar-refractivity contribution in [3.05, 3.63) is 48.3 Å². The molecule has 8 nitrogen and oxygen atoms in total. The minimum absolute atomic E-state index is 0.0691. The van der Waals surface area contributed by atoms with Crippen LogP contribution in [0.2, 0.25) is 0 Å². The molecule has 0 unspecified atom stereocenters. The molecule has 0 radical (unpaired) electrons. The van der Waals surface area contributed by atoms with E-state index in [2.05, 4.69) is 20.6 Å². The number of hydrogen-bond donors (Lipinski definition) is 2. The average molecular weight is 422 g/mol. The van der Waals surface area contributed by atoms with Crippen LogP contribution in [0.5, 0.6) is 11.5 Å². The summed E-state index contributed by atoms with van der Waals surface area (Å²) in [6, 6.07) is 12.2. The fraction of sp³-hybridized carbons (Fsp3) is 0.238. The molecule has 0 spiro atoms. The van der Waals surface area contributed by atoms with Crippen LogP contribution in [0.4, 0.5) is 10.5 Å². The van der Waals surface area contributed by atoms with Crippen LogP contribution < -0.4 is 20.1 Å². The molecule has 0 saturated heterocycles. The number of thioether (sulfide) groups is 1. The summed E-state index contributed by atoms with van der Waals surface area (Å²) < 4.78 is 10.5. The first-order chi connectivity index (χ1) is 14.7. The number of amides is 3. The van der Waals surface area contributed by atoms with E-state index in [0.717, 1.165) is 34.6 Å². The Balaban J connectivity index is 1.21. The number of carbonyl (C=O) groups excluding carboxylic acids is 2. The van der Waals surface area contributed by atoms with Crippen molar-refractivity contribution >= 4 is 40.3 Å². The summed E-state index contributed by atoms with van der Waals surface area (Å²) in [6.45, 7) is 0.154. The molecule has 3 amide bonds. The zero-order chi connectivity index (χ0) is 20.5. The number of anilines is 1. The smallest absolute Gasteiger partial charge is 0.325 e. The van der Waals surface area contributed by atoms with Crippen LogP contribution in [0.25, 0.3) is 10.9 Å². The third kappa shape index (κ3) is 4.02. The first-order valence-electron chi connectivity index (χ1n) is 9.56. The number of carbonyl (C=O) groups is 2. The minimum atomic E-state index is -0.606. The highest BCUT2D eigenvalue weighted by Gasteiger charge is 2.27. The van der Waals surface area contributed by atoms with E-state index >= 15 is 0 Å². The molecule has 1 aliphatic heterocycles. The maximum Gasteiger partial charge on any atom is 0.325 e. The molecule has 1 aliphatic carbocycles. The van der Waals surface area contributed by atoms with E-state index in [-0.39, 0.29) is 12.5 Å². The molecule has 1 saturated carbocycles. The molecule has 30 heavy (non-hydrogen) atoms. The van der Waals surface area contributed by atoms with Gasteiger partial charge in [0.2, 0.25) is 12.7 Å². The van der Waals surface area contributed by atoms with Crippen molar-refractivity contribution in [2.45, 2.75) is 23.8 Å².